The summed E-state index contributed by atoms with van der Waals surface area (Å²) in [6, 6.07) is 7.86. The lowest BCUT2D eigenvalue weighted by molar-refractivity contribution is 0.0930. The summed E-state index contributed by atoms with van der Waals surface area (Å²) < 4.78 is 23.1. The van der Waals surface area contributed by atoms with Crippen molar-refractivity contribution in [3.8, 4) is 0 Å². The first-order valence-electron chi connectivity index (χ1n) is 8.37. The maximum absolute atomic E-state index is 12.6. The van der Waals surface area contributed by atoms with Gasteiger partial charge in [0.25, 0.3) is 5.91 Å². The Morgan fingerprint density at radius 3 is 2.31 bits per heavy atom. The highest BCUT2D eigenvalue weighted by Gasteiger charge is 2.18. The van der Waals surface area contributed by atoms with E-state index >= 15 is 0 Å². The second-order valence-corrected chi connectivity index (χ2v) is 8.48. The molecule has 1 heterocycles. The van der Waals surface area contributed by atoms with Crippen LogP contribution in [0.5, 0.6) is 0 Å². The lowest BCUT2D eigenvalue weighted by Gasteiger charge is -2.18. The molecule has 1 aromatic carbocycles. The number of nitrogens with one attached hydrogen (secondary N) is 1. The molecular weight excluding hydrogens is 352 g/mol. The van der Waals surface area contributed by atoms with Gasteiger partial charge in [-0.25, -0.2) is 18.4 Å². The van der Waals surface area contributed by atoms with Crippen LogP contribution >= 0.6 is 0 Å². The maximum atomic E-state index is 12.6. The normalized spacial score (nSPS) is 12.8. The fourth-order valence-corrected chi connectivity index (χ4v) is 3.13. The minimum atomic E-state index is -3.25. The molecule has 1 amide bonds. The Balaban J connectivity index is 2.23. The number of benzene rings is 1. The number of amides is 1. The van der Waals surface area contributed by atoms with Crippen molar-refractivity contribution in [1.82, 2.24) is 15.3 Å². The molecule has 1 unspecified atom stereocenters. The number of aromatic nitrogens is 2. The Morgan fingerprint density at radius 1 is 1.19 bits per heavy atom. The summed E-state index contributed by atoms with van der Waals surface area (Å²) in [7, 11) is -3.25. The lowest BCUT2D eigenvalue weighted by atomic mass is 10.0. The molecule has 0 aliphatic carbocycles. The van der Waals surface area contributed by atoms with Gasteiger partial charge in [0.05, 0.1) is 10.9 Å². The summed E-state index contributed by atoms with van der Waals surface area (Å²) in [6.07, 6.45) is 1.80. The molecule has 2 rings (SSSR count). The number of rotatable bonds is 6. The molecule has 1 aromatic heterocycles. The third-order valence-corrected chi connectivity index (χ3v) is 5.14. The molecule has 0 aliphatic rings. The molecule has 7 nitrogen and oxygen atoms in total. The van der Waals surface area contributed by atoms with Gasteiger partial charge in [0, 0.05) is 11.9 Å². The first kappa shape index (κ1) is 19.8. The van der Waals surface area contributed by atoms with Crippen LogP contribution in [0.2, 0.25) is 0 Å². The summed E-state index contributed by atoms with van der Waals surface area (Å²) in [6.45, 7) is 5.85. The molecule has 0 fully saturated rings. The summed E-state index contributed by atoms with van der Waals surface area (Å²) in [5, 5.41) is 2.92. The molecular formula is C18H24N4O3S. The minimum Gasteiger partial charge on any atom is -0.368 e. The van der Waals surface area contributed by atoms with E-state index in [1.54, 1.807) is 30.3 Å². The van der Waals surface area contributed by atoms with Crippen LogP contribution < -0.4 is 11.1 Å². The summed E-state index contributed by atoms with van der Waals surface area (Å²) in [4.78, 5) is 21.0. The van der Waals surface area contributed by atoms with Crippen molar-refractivity contribution < 1.29 is 13.2 Å². The van der Waals surface area contributed by atoms with E-state index in [0.717, 1.165) is 11.8 Å². The van der Waals surface area contributed by atoms with E-state index in [1.165, 1.54) is 0 Å². The van der Waals surface area contributed by atoms with E-state index in [9.17, 15) is 13.2 Å². The largest absolute Gasteiger partial charge is 0.368 e. The van der Waals surface area contributed by atoms with Gasteiger partial charge in [0.15, 0.2) is 9.84 Å². The van der Waals surface area contributed by atoms with Crippen LogP contribution in [0.3, 0.4) is 0 Å². The van der Waals surface area contributed by atoms with Crippen LogP contribution in [0.25, 0.3) is 0 Å². The van der Waals surface area contributed by atoms with Crippen LogP contribution in [0, 0.1) is 0 Å². The Morgan fingerprint density at radius 2 is 1.81 bits per heavy atom. The van der Waals surface area contributed by atoms with Crippen molar-refractivity contribution in [3.63, 3.8) is 0 Å². The first-order valence-corrected chi connectivity index (χ1v) is 10.3. The molecule has 26 heavy (non-hydrogen) atoms. The molecule has 0 aliphatic heterocycles. The topological polar surface area (TPSA) is 115 Å². The number of hydrogen-bond acceptors (Lipinski definition) is 6. The van der Waals surface area contributed by atoms with E-state index in [-0.39, 0.29) is 34.4 Å². The van der Waals surface area contributed by atoms with Crippen LogP contribution in [0.4, 0.5) is 5.95 Å². The minimum absolute atomic E-state index is 0.0619. The summed E-state index contributed by atoms with van der Waals surface area (Å²) in [5.41, 5.74) is 7.44. The van der Waals surface area contributed by atoms with Crippen molar-refractivity contribution in [1.29, 1.82) is 0 Å². The highest BCUT2D eigenvalue weighted by atomic mass is 32.2. The molecule has 0 radical (unpaired) electrons. The van der Waals surface area contributed by atoms with Crippen molar-refractivity contribution in [2.24, 2.45) is 0 Å². The fraction of sp³-hybridized carbons (Fsp3) is 0.389. The number of nitrogen functional groups attached to an aromatic ring is 1. The highest BCUT2D eigenvalue weighted by Crippen LogP contribution is 2.20. The number of carbonyl (C=O) groups excluding carboxylic acids is 1. The third kappa shape index (κ3) is 4.78. The van der Waals surface area contributed by atoms with Gasteiger partial charge in [-0.2, -0.15) is 0 Å². The molecule has 0 bridgehead atoms. The van der Waals surface area contributed by atoms with Crippen LogP contribution in [-0.2, 0) is 9.84 Å². The zero-order valence-corrected chi connectivity index (χ0v) is 16.2. The summed E-state index contributed by atoms with van der Waals surface area (Å²) in [5.74, 6) is -0.163. The van der Waals surface area contributed by atoms with E-state index in [0.29, 0.717) is 12.1 Å². The number of hydrogen-bond donors (Lipinski definition) is 2. The molecule has 2 aromatic rings. The monoisotopic (exact) mass is 376 g/mol. The molecule has 3 N–H and O–H groups in total. The second-order valence-electron chi connectivity index (χ2n) is 6.47. The van der Waals surface area contributed by atoms with Crippen LogP contribution in [0.1, 0.15) is 60.9 Å². The molecule has 0 saturated heterocycles. The quantitative estimate of drug-likeness (QED) is 0.800. The van der Waals surface area contributed by atoms with Gasteiger partial charge in [-0.3, -0.25) is 4.79 Å². The molecule has 1 atom stereocenters. The number of carbonyl (C=O) groups is 1. The lowest BCUT2D eigenvalue weighted by Crippen LogP contribution is -2.29. The van der Waals surface area contributed by atoms with Crippen molar-refractivity contribution in [3.05, 3.63) is 47.3 Å². The average Bonchev–Trinajstić information content (AvgIpc) is 2.58. The smallest absolute Gasteiger partial charge is 0.270 e. The predicted molar refractivity (Wildman–Crippen MR) is 101 cm³/mol. The predicted octanol–water partition coefficient (Wildman–Crippen LogP) is 2.47. The van der Waals surface area contributed by atoms with Gasteiger partial charge in [-0.05, 0) is 36.1 Å². The Hall–Kier alpha value is -2.48. The zero-order chi connectivity index (χ0) is 19.5. The van der Waals surface area contributed by atoms with E-state index in [2.05, 4.69) is 15.3 Å². The van der Waals surface area contributed by atoms with Gasteiger partial charge in [-0.1, -0.05) is 32.9 Å². The molecule has 140 valence electrons. The average molecular weight is 376 g/mol. The highest BCUT2D eigenvalue weighted by molar-refractivity contribution is 7.90. The van der Waals surface area contributed by atoms with Crippen molar-refractivity contribution in [2.45, 2.75) is 44.0 Å². The van der Waals surface area contributed by atoms with Gasteiger partial charge in [0.1, 0.15) is 5.69 Å². The second kappa shape index (κ2) is 7.82. The number of anilines is 1. The zero-order valence-electron chi connectivity index (χ0n) is 15.4. The standard InChI is InChI=1S/C18H24N4O3S/c1-5-14(12-6-8-13(9-7-12)26(4,24)25)20-17(23)16-10-15(11(2)3)21-18(19)22-16/h6-11,14H,5H2,1-4H3,(H,20,23)(H2,19,21,22). The van der Waals surface area contributed by atoms with Gasteiger partial charge in [-0.15, -0.1) is 0 Å². The third-order valence-electron chi connectivity index (χ3n) is 4.01. The first-order chi connectivity index (χ1) is 12.1. The SMILES string of the molecule is CCC(NC(=O)c1cc(C(C)C)nc(N)n1)c1ccc(S(C)(=O)=O)cc1. The molecule has 0 saturated carbocycles. The van der Waals surface area contributed by atoms with Gasteiger partial charge >= 0.3 is 0 Å². The Bertz CT molecular complexity index is 893. The van der Waals surface area contributed by atoms with Crippen molar-refractivity contribution in [2.75, 3.05) is 12.0 Å². The van der Waals surface area contributed by atoms with Gasteiger partial charge < -0.3 is 11.1 Å². The number of sulfone groups is 1. The number of nitrogens with two attached hydrogens (primary N) is 1. The van der Waals surface area contributed by atoms with Crippen LogP contribution in [0.15, 0.2) is 35.2 Å². The van der Waals surface area contributed by atoms with Gasteiger partial charge in [0.2, 0.25) is 5.95 Å². The van der Waals surface area contributed by atoms with E-state index in [1.807, 2.05) is 20.8 Å². The Kier molecular flexibility index (Phi) is 5.97. The van der Waals surface area contributed by atoms with E-state index < -0.39 is 9.84 Å². The van der Waals surface area contributed by atoms with Crippen molar-refractivity contribution >= 4 is 21.7 Å². The van der Waals surface area contributed by atoms with Crippen LogP contribution in [-0.4, -0.2) is 30.5 Å². The molecule has 0 spiro atoms. The summed E-state index contributed by atoms with van der Waals surface area (Å²) >= 11 is 0. The number of nitrogens with zero attached hydrogens (tertiary/aromatic N) is 2. The Labute approximate surface area is 154 Å². The van der Waals surface area contributed by atoms with E-state index in [4.69, 9.17) is 5.73 Å². The maximum Gasteiger partial charge on any atom is 0.270 e. The molecule has 8 heteroatoms. The fourth-order valence-electron chi connectivity index (χ4n) is 2.50.